The molecule has 0 spiro atoms. The van der Waals surface area contributed by atoms with Crippen molar-refractivity contribution in [2.24, 2.45) is 0 Å². The van der Waals surface area contributed by atoms with Gasteiger partial charge in [0.05, 0.1) is 0 Å². The van der Waals surface area contributed by atoms with E-state index < -0.39 is 0 Å². The van der Waals surface area contributed by atoms with E-state index in [0.29, 0.717) is 6.79 Å². The molecule has 1 aromatic heterocycles. The maximum atomic E-state index is 5.50. The first-order chi connectivity index (χ1) is 9.24. The van der Waals surface area contributed by atoms with Crippen molar-refractivity contribution < 1.29 is 9.47 Å². The van der Waals surface area contributed by atoms with Crippen molar-refractivity contribution in [3.8, 4) is 11.5 Å². The first-order valence-electron chi connectivity index (χ1n) is 6.38. The van der Waals surface area contributed by atoms with E-state index in [0.717, 1.165) is 30.2 Å². The summed E-state index contributed by atoms with van der Waals surface area (Å²) in [6, 6.07) is 8.27. The van der Waals surface area contributed by atoms with Crippen LogP contribution in [0.15, 0.2) is 24.3 Å². The van der Waals surface area contributed by atoms with Crippen LogP contribution in [0.25, 0.3) is 0 Å². The Labute approximate surface area is 117 Å². The van der Waals surface area contributed by atoms with Crippen molar-refractivity contribution in [2.45, 2.75) is 26.9 Å². The first kappa shape index (κ1) is 12.5. The molecular formula is C15H17NO2S. The van der Waals surface area contributed by atoms with Gasteiger partial charge < -0.3 is 14.8 Å². The molecule has 1 aliphatic rings. The highest BCUT2D eigenvalue weighted by atomic mass is 32.1. The van der Waals surface area contributed by atoms with E-state index in [9.17, 15) is 0 Å². The van der Waals surface area contributed by atoms with Crippen LogP contribution in [0.1, 0.15) is 20.9 Å². The van der Waals surface area contributed by atoms with Crippen LogP contribution in [0.5, 0.6) is 11.5 Å². The summed E-state index contributed by atoms with van der Waals surface area (Å²) in [5.74, 6) is 1.73. The highest BCUT2D eigenvalue weighted by molar-refractivity contribution is 7.12. The van der Waals surface area contributed by atoms with Gasteiger partial charge in [-0.25, -0.2) is 0 Å². The number of hydrogen-bond donors (Lipinski definition) is 1. The third-order valence-electron chi connectivity index (χ3n) is 3.31. The Hall–Kier alpha value is -1.52. The van der Waals surface area contributed by atoms with Gasteiger partial charge in [-0.15, -0.1) is 11.3 Å². The zero-order chi connectivity index (χ0) is 13.2. The van der Waals surface area contributed by atoms with Crippen LogP contribution in [0, 0.1) is 13.8 Å². The highest BCUT2D eigenvalue weighted by Gasteiger charge is 2.16. The fourth-order valence-electron chi connectivity index (χ4n) is 2.19. The van der Waals surface area contributed by atoms with Crippen LogP contribution in [0.4, 0.5) is 0 Å². The molecule has 1 aromatic carbocycles. The molecule has 4 heteroatoms. The van der Waals surface area contributed by atoms with Gasteiger partial charge in [-0.2, -0.15) is 0 Å². The largest absolute Gasteiger partial charge is 0.454 e. The maximum absolute atomic E-state index is 5.50. The maximum Gasteiger partial charge on any atom is 0.231 e. The average Bonchev–Trinajstić information content (AvgIpc) is 2.98. The van der Waals surface area contributed by atoms with Crippen molar-refractivity contribution in [2.75, 3.05) is 6.79 Å². The third kappa shape index (κ3) is 2.60. The Morgan fingerprint density at radius 3 is 2.89 bits per heavy atom. The monoisotopic (exact) mass is 275 g/mol. The molecular weight excluding hydrogens is 258 g/mol. The van der Waals surface area contributed by atoms with Crippen LogP contribution < -0.4 is 14.8 Å². The number of hydrogen-bond acceptors (Lipinski definition) is 4. The fraction of sp³-hybridized carbons (Fsp3) is 0.333. The van der Waals surface area contributed by atoms with Crippen LogP contribution >= 0.6 is 11.3 Å². The van der Waals surface area contributed by atoms with E-state index in [-0.39, 0.29) is 0 Å². The second-order valence-corrected chi connectivity index (χ2v) is 6.05. The number of rotatable bonds is 4. The second-order valence-electron chi connectivity index (χ2n) is 4.71. The predicted molar refractivity (Wildman–Crippen MR) is 76.9 cm³/mol. The minimum Gasteiger partial charge on any atom is -0.454 e. The summed E-state index contributed by atoms with van der Waals surface area (Å²) >= 11 is 1.86. The van der Waals surface area contributed by atoms with Crippen molar-refractivity contribution in [1.82, 2.24) is 5.32 Å². The molecule has 0 bridgehead atoms. The Balaban J connectivity index is 1.62. The van der Waals surface area contributed by atoms with Gasteiger partial charge in [0.1, 0.15) is 0 Å². The lowest BCUT2D eigenvalue weighted by Crippen LogP contribution is -2.12. The third-order valence-corrected chi connectivity index (χ3v) is 4.46. The standard InChI is InChI=1S/C15H17NO2S/c1-10-6-13(19-11(10)2)8-16-7-12-4-3-5-14-15(12)18-9-17-14/h3-6,16H,7-9H2,1-2H3. The van der Waals surface area contributed by atoms with Crippen molar-refractivity contribution >= 4 is 11.3 Å². The molecule has 19 heavy (non-hydrogen) atoms. The van der Waals surface area contributed by atoms with Gasteiger partial charge in [0.2, 0.25) is 6.79 Å². The number of fused-ring (bicyclic) bond motifs is 1. The molecule has 3 nitrogen and oxygen atoms in total. The van der Waals surface area contributed by atoms with Gasteiger partial charge in [-0.05, 0) is 31.5 Å². The lowest BCUT2D eigenvalue weighted by Gasteiger charge is -2.06. The Bertz CT molecular complexity index is 572. The van der Waals surface area contributed by atoms with E-state index in [1.165, 1.54) is 15.3 Å². The summed E-state index contributed by atoms with van der Waals surface area (Å²) in [5.41, 5.74) is 2.53. The van der Waals surface area contributed by atoms with E-state index in [2.05, 4.69) is 31.3 Å². The zero-order valence-electron chi connectivity index (χ0n) is 11.2. The van der Waals surface area contributed by atoms with Gasteiger partial charge in [-0.1, -0.05) is 12.1 Å². The van der Waals surface area contributed by atoms with Crippen molar-refractivity contribution in [3.05, 3.63) is 45.1 Å². The molecule has 0 saturated heterocycles. The molecule has 0 amide bonds. The van der Waals surface area contributed by atoms with Crippen LogP contribution in [-0.4, -0.2) is 6.79 Å². The summed E-state index contributed by atoms with van der Waals surface area (Å²) < 4.78 is 10.9. The number of aryl methyl sites for hydroxylation is 2. The summed E-state index contributed by atoms with van der Waals surface area (Å²) in [5, 5.41) is 3.46. The Morgan fingerprint density at radius 2 is 2.11 bits per heavy atom. The molecule has 0 atom stereocenters. The molecule has 0 unspecified atom stereocenters. The minimum atomic E-state index is 0.329. The van der Waals surface area contributed by atoms with E-state index in [1.807, 2.05) is 23.5 Å². The van der Waals surface area contributed by atoms with Gasteiger partial charge in [0.15, 0.2) is 11.5 Å². The van der Waals surface area contributed by atoms with Gasteiger partial charge in [0.25, 0.3) is 0 Å². The molecule has 2 aromatic rings. The van der Waals surface area contributed by atoms with E-state index in [4.69, 9.17) is 9.47 Å². The van der Waals surface area contributed by atoms with E-state index in [1.54, 1.807) is 0 Å². The summed E-state index contributed by atoms with van der Waals surface area (Å²) in [6.07, 6.45) is 0. The van der Waals surface area contributed by atoms with Crippen LogP contribution in [-0.2, 0) is 13.1 Å². The number of benzene rings is 1. The predicted octanol–water partition coefficient (Wildman–Crippen LogP) is 3.38. The molecule has 0 radical (unpaired) electrons. The normalized spacial score (nSPS) is 12.9. The smallest absolute Gasteiger partial charge is 0.231 e. The molecule has 2 heterocycles. The van der Waals surface area contributed by atoms with Gasteiger partial charge in [0, 0.05) is 28.4 Å². The molecule has 1 aliphatic heterocycles. The molecule has 0 fully saturated rings. The zero-order valence-corrected chi connectivity index (χ0v) is 12.0. The summed E-state index contributed by atoms with van der Waals surface area (Å²) in [4.78, 5) is 2.77. The van der Waals surface area contributed by atoms with E-state index >= 15 is 0 Å². The SMILES string of the molecule is Cc1cc(CNCc2cccc3c2OCO3)sc1C. The van der Waals surface area contributed by atoms with Crippen molar-refractivity contribution in [1.29, 1.82) is 0 Å². The Kier molecular flexibility index (Phi) is 3.44. The van der Waals surface area contributed by atoms with Crippen molar-refractivity contribution in [3.63, 3.8) is 0 Å². The topological polar surface area (TPSA) is 30.5 Å². The molecule has 1 N–H and O–H groups in total. The number of thiophene rings is 1. The molecule has 100 valence electrons. The second kappa shape index (κ2) is 5.23. The first-order valence-corrected chi connectivity index (χ1v) is 7.20. The lowest BCUT2D eigenvalue weighted by molar-refractivity contribution is 0.173. The number of para-hydroxylation sites is 1. The minimum absolute atomic E-state index is 0.329. The average molecular weight is 275 g/mol. The molecule has 0 saturated carbocycles. The quantitative estimate of drug-likeness (QED) is 0.928. The highest BCUT2D eigenvalue weighted by Crippen LogP contribution is 2.35. The molecule has 0 aliphatic carbocycles. The van der Waals surface area contributed by atoms with Gasteiger partial charge in [-0.3, -0.25) is 0 Å². The van der Waals surface area contributed by atoms with Crippen LogP contribution in [0.2, 0.25) is 0 Å². The fourth-order valence-corrected chi connectivity index (χ4v) is 3.21. The number of nitrogens with one attached hydrogen (secondary N) is 1. The Morgan fingerprint density at radius 1 is 1.21 bits per heavy atom. The molecule has 3 rings (SSSR count). The summed E-state index contributed by atoms with van der Waals surface area (Å²) in [7, 11) is 0. The summed E-state index contributed by atoms with van der Waals surface area (Å²) in [6.45, 7) is 6.34. The van der Waals surface area contributed by atoms with Gasteiger partial charge >= 0.3 is 0 Å². The van der Waals surface area contributed by atoms with Crippen LogP contribution in [0.3, 0.4) is 0 Å². The lowest BCUT2D eigenvalue weighted by atomic mass is 10.2. The number of ether oxygens (including phenoxy) is 2.